The molecule has 0 heterocycles. The number of aliphatic hydroxyl groups is 1. The Labute approximate surface area is 92.2 Å². The first kappa shape index (κ1) is 14.4. The molecule has 15 heavy (non-hydrogen) atoms. The molecule has 4 nitrogen and oxygen atoms in total. The number of hydrogen-bond acceptors (Lipinski definition) is 3. The summed E-state index contributed by atoms with van der Waals surface area (Å²) in [5, 5.41) is 12.2. The zero-order chi connectivity index (χ0) is 11.8. The van der Waals surface area contributed by atoms with Crippen LogP contribution in [0.15, 0.2) is 0 Å². The van der Waals surface area contributed by atoms with Gasteiger partial charge in [0.25, 0.3) is 0 Å². The third kappa shape index (κ3) is 7.33. The molecule has 1 amide bonds. The lowest BCUT2D eigenvalue weighted by Gasteiger charge is -2.16. The fraction of sp³-hybridized carbons (Fsp3) is 0.909. The number of amides is 1. The summed E-state index contributed by atoms with van der Waals surface area (Å²) >= 11 is 0. The van der Waals surface area contributed by atoms with Gasteiger partial charge in [-0.2, -0.15) is 0 Å². The highest BCUT2D eigenvalue weighted by Crippen LogP contribution is 2.00. The summed E-state index contributed by atoms with van der Waals surface area (Å²) in [7, 11) is 0. The van der Waals surface area contributed by atoms with E-state index in [2.05, 4.69) is 5.32 Å². The monoisotopic (exact) mass is 216 g/mol. The molecule has 0 aromatic rings. The number of aliphatic hydroxyl groups excluding tert-OH is 1. The van der Waals surface area contributed by atoms with Crippen LogP contribution in [0.5, 0.6) is 0 Å². The Kier molecular flexibility index (Phi) is 7.34. The summed E-state index contributed by atoms with van der Waals surface area (Å²) in [6.45, 7) is 6.19. The van der Waals surface area contributed by atoms with Gasteiger partial charge in [-0.25, -0.2) is 0 Å². The van der Waals surface area contributed by atoms with Gasteiger partial charge in [-0.1, -0.05) is 27.2 Å². The highest BCUT2D eigenvalue weighted by molar-refractivity contribution is 5.76. The van der Waals surface area contributed by atoms with Crippen molar-refractivity contribution in [3.8, 4) is 0 Å². The van der Waals surface area contributed by atoms with Gasteiger partial charge in [0.15, 0.2) is 0 Å². The Morgan fingerprint density at radius 1 is 1.47 bits per heavy atom. The largest absolute Gasteiger partial charge is 0.391 e. The SMILES string of the molecule is CCCC(N)CC(=O)NCC(O)C(C)C. The number of rotatable bonds is 7. The highest BCUT2D eigenvalue weighted by atomic mass is 16.3. The predicted octanol–water partition coefficient (Wildman–Crippen LogP) is 0.637. The van der Waals surface area contributed by atoms with Crippen LogP contribution in [0.2, 0.25) is 0 Å². The van der Waals surface area contributed by atoms with Gasteiger partial charge in [-0.05, 0) is 12.3 Å². The van der Waals surface area contributed by atoms with E-state index in [1.165, 1.54) is 0 Å². The molecule has 0 aliphatic rings. The van der Waals surface area contributed by atoms with E-state index in [-0.39, 0.29) is 17.9 Å². The average molecular weight is 216 g/mol. The highest BCUT2D eigenvalue weighted by Gasteiger charge is 2.12. The second kappa shape index (κ2) is 7.65. The Bertz CT molecular complexity index is 183. The van der Waals surface area contributed by atoms with E-state index in [1.807, 2.05) is 20.8 Å². The van der Waals surface area contributed by atoms with Crippen LogP contribution in [0.1, 0.15) is 40.0 Å². The summed E-state index contributed by atoms with van der Waals surface area (Å²) in [5.41, 5.74) is 5.73. The molecule has 4 heteroatoms. The van der Waals surface area contributed by atoms with Crippen molar-refractivity contribution in [3.05, 3.63) is 0 Å². The van der Waals surface area contributed by atoms with Gasteiger partial charge >= 0.3 is 0 Å². The summed E-state index contributed by atoms with van der Waals surface area (Å²) in [4.78, 5) is 11.4. The quantitative estimate of drug-likeness (QED) is 0.584. The average Bonchev–Trinajstić information content (AvgIpc) is 2.14. The van der Waals surface area contributed by atoms with Crippen molar-refractivity contribution < 1.29 is 9.90 Å². The van der Waals surface area contributed by atoms with Crippen LogP contribution in [0.25, 0.3) is 0 Å². The minimum Gasteiger partial charge on any atom is -0.391 e. The number of carbonyl (C=O) groups excluding carboxylic acids is 1. The minimum absolute atomic E-state index is 0.0637. The van der Waals surface area contributed by atoms with Gasteiger partial charge in [0.05, 0.1) is 6.10 Å². The van der Waals surface area contributed by atoms with E-state index >= 15 is 0 Å². The predicted molar refractivity (Wildman–Crippen MR) is 61.4 cm³/mol. The molecule has 0 spiro atoms. The fourth-order valence-electron chi connectivity index (χ4n) is 1.24. The summed E-state index contributed by atoms with van der Waals surface area (Å²) in [6.07, 6.45) is 1.72. The molecule has 0 saturated carbocycles. The number of carbonyl (C=O) groups is 1. The van der Waals surface area contributed by atoms with Gasteiger partial charge in [-0.3, -0.25) is 4.79 Å². The molecular formula is C11H24N2O2. The van der Waals surface area contributed by atoms with Crippen molar-refractivity contribution in [1.82, 2.24) is 5.32 Å². The van der Waals surface area contributed by atoms with E-state index in [9.17, 15) is 9.90 Å². The van der Waals surface area contributed by atoms with E-state index in [0.29, 0.717) is 13.0 Å². The van der Waals surface area contributed by atoms with Gasteiger partial charge in [-0.15, -0.1) is 0 Å². The topological polar surface area (TPSA) is 75.4 Å². The maximum Gasteiger partial charge on any atom is 0.221 e. The Balaban J connectivity index is 3.66. The number of hydrogen-bond donors (Lipinski definition) is 3. The van der Waals surface area contributed by atoms with Crippen molar-refractivity contribution in [2.24, 2.45) is 11.7 Å². The van der Waals surface area contributed by atoms with Crippen LogP contribution < -0.4 is 11.1 Å². The summed E-state index contributed by atoms with van der Waals surface area (Å²) < 4.78 is 0. The van der Waals surface area contributed by atoms with E-state index in [4.69, 9.17) is 5.73 Å². The Morgan fingerprint density at radius 2 is 2.07 bits per heavy atom. The van der Waals surface area contributed by atoms with Crippen LogP contribution in [-0.2, 0) is 4.79 Å². The van der Waals surface area contributed by atoms with Gasteiger partial charge < -0.3 is 16.2 Å². The second-order valence-electron chi connectivity index (χ2n) is 4.37. The molecule has 0 fully saturated rings. The first-order valence-corrected chi connectivity index (χ1v) is 5.67. The van der Waals surface area contributed by atoms with Crippen LogP contribution in [0, 0.1) is 5.92 Å². The van der Waals surface area contributed by atoms with Gasteiger partial charge in [0, 0.05) is 19.0 Å². The molecule has 2 atom stereocenters. The van der Waals surface area contributed by atoms with Crippen molar-refractivity contribution in [2.45, 2.75) is 52.2 Å². The molecule has 0 aliphatic carbocycles. The molecule has 0 aromatic heterocycles. The lowest BCUT2D eigenvalue weighted by Crippen LogP contribution is -2.37. The number of nitrogens with one attached hydrogen (secondary N) is 1. The molecule has 0 bridgehead atoms. The first-order valence-electron chi connectivity index (χ1n) is 5.67. The van der Waals surface area contributed by atoms with Crippen LogP contribution in [-0.4, -0.2) is 29.7 Å². The summed E-state index contributed by atoms with van der Waals surface area (Å²) in [5.74, 6) is 0.0882. The molecule has 0 aliphatic heterocycles. The van der Waals surface area contributed by atoms with Crippen LogP contribution in [0.3, 0.4) is 0 Å². The molecule has 0 radical (unpaired) electrons. The van der Waals surface area contributed by atoms with Crippen molar-refractivity contribution in [2.75, 3.05) is 6.54 Å². The lowest BCUT2D eigenvalue weighted by molar-refractivity contribution is -0.122. The van der Waals surface area contributed by atoms with Crippen molar-refractivity contribution in [3.63, 3.8) is 0 Å². The third-order valence-electron chi connectivity index (χ3n) is 2.38. The Hall–Kier alpha value is -0.610. The van der Waals surface area contributed by atoms with Crippen molar-refractivity contribution in [1.29, 1.82) is 0 Å². The maximum atomic E-state index is 11.4. The van der Waals surface area contributed by atoms with Crippen LogP contribution >= 0.6 is 0 Å². The minimum atomic E-state index is -0.476. The molecule has 90 valence electrons. The third-order valence-corrected chi connectivity index (χ3v) is 2.38. The molecular weight excluding hydrogens is 192 g/mol. The zero-order valence-electron chi connectivity index (χ0n) is 9.99. The van der Waals surface area contributed by atoms with E-state index in [0.717, 1.165) is 12.8 Å². The van der Waals surface area contributed by atoms with Crippen molar-refractivity contribution >= 4 is 5.91 Å². The smallest absolute Gasteiger partial charge is 0.221 e. The molecule has 0 rings (SSSR count). The first-order chi connectivity index (χ1) is 6.97. The molecule has 0 saturated heterocycles. The van der Waals surface area contributed by atoms with Gasteiger partial charge in [0.2, 0.25) is 5.91 Å². The summed E-state index contributed by atoms with van der Waals surface area (Å²) in [6, 6.07) is -0.0637. The maximum absolute atomic E-state index is 11.4. The van der Waals surface area contributed by atoms with E-state index < -0.39 is 6.10 Å². The molecule has 0 aromatic carbocycles. The van der Waals surface area contributed by atoms with Gasteiger partial charge in [0.1, 0.15) is 0 Å². The second-order valence-corrected chi connectivity index (χ2v) is 4.37. The zero-order valence-corrected chi connectivity index (χ0v) is 9.99. The van der Waals surface area contributed by atoms with E-state index in [1.54, 1.807) is 0 Å². The molecule has 2 unspecified atom stereocenters. The number of nitrogens with two attached hydrogens (primary N) is 1. The Morgan fingerprint density at radius 3 is 2.53 bits per heavy atom. The lowest BCUT2D eigenvalue weighted by atomic mass is 10.1. The standard InChI is InChI=1S/C11H24N2O2/c1-4-5-9(12)6-11(15)13-7-10(14)8(2)3/h8-10,14H,4-7,12H2,1-3H3,(H,13,15). The normalized spacial score (nSPS) is 15.1. The fourth-order valence-corrected chi connectivity index (χ4v) is 1.24. The molecule has 4 N–H and O–H groups in total. The van der Waals surface area contributed by atoms with Crippen LogP contribution in [0.4, 0.5) is 0 Å².